The molecule has 1 aliphatic rings. The highest BCUT2D eigenvalue weighted by atomic mass is 32.2. The highest BCUT2D eigenvalue weighted by Gasteiger charge is 2.20. The van der Waals surface area contributed by atoms with Gasteiger partial charge < -0.3 is 16.3 Å². The van der Waals surface area contributed by atoms with Gasteiger partial charge in [-0.25, -0.2) is 0 Å². The number of aromatic nitrogens is 1. The summed E-state index contributed by atoms with van der Waals surface area (Å²) in [5.41, 5.74) is 7.17. The zero-order chi connectivity index (χ0) is 14.4. The first-order chi connectivity index (χ1) is 9.72. The van der Waals surface area contributed by atoms with Crippen molar-refractivity contribution in [2.75, 3.05) is 6.26 Å². The zero-order valence-electron chi connectivity index (χ0n) is 11.7. The second kappa shape index (κ2) is 7.50. The summed E-state index contributed by atoms with van der Waals surface area (Å²) < 4.78 is 0. The lowest BCUT2D eigenvalue weighted by Gasteiger charge is -2.28. The van der Waals surface area contributed by atoms with Gasteiger partial charge in [0.05, 0.1) is 0 Å². The van der Waals surface area contributed by atoms with Crippen LogP contribution in [0.3, 0.4) is 0 Å². The molecule has 1 heterocycles. The van der Waals surface area contributed by atoms with Crippen LogP contribution < -0.4 is 11.1 Å². The van der Waals surface area contributed by atoms with Gasteiger partial charge in [0.2, 0.25) is 0 Å². The quantitative estimate of drug-likeness (QED) is 0.334. The molecule has 0 aliphatic heterocycles. The molecule has 0 amide bonds. The minimum atomic E-state index is 0.0481. The standard InChI is InChI=1S/C14H22N4OS/c1-20-12-4-2-3-11(8-12)17-9-10-5-6-16-13(7-10)14(15)18-19/h5-7,11-12,17,19H,2-4,8-9H2,1H3,(H2,15,18). The Morgan fingerprint density at radius 2 is 2.45 bits per heavy atom. The third-order valence-corrected chi connectivity index (χ3v) is 4.84. The summed E-state index contributed by atoms with van der Waals surface area (Å²) in [6.07, 6.45) is 9.00. The van der Waals surface area contributed by atoms with Crippen LogP contribution in [0.15, 0.2) is 23.5 Å². The Kier molecular flexibility index (Phi) is 5.67. The fourth-order valence-corrected chi connectivity index (χ4v) is 3.41. The van der Waals surface area contributed by atoms with Crippen LogP contribution in [-0.2, 0) is 6.54 Å². The fourth-order valence-electron chi connectivity index (χ4n) is 2.58. The maximum absolute atomic E-state index is 8.67. The third kappa shape index (κ3) is 4.11. The Balaban J connectivity index is 1.90. The average Bonchev–Trinajstić information content (AvgIpc) is 2.52. The van der Waals surface area contributed by atoms with Crippen LogP contribution in [0.1, 0.15) is 36.9 Å². The van der Waals surface area contributed by atoms with Gasteiger partial charge in [-0.2, -0.15) is 11.8 Å². The van der Waals surface area contributed by atoms with E-state index in [2.05, 4.69) is 21.7 Å². The van der Waals surface area contributed by atoms with Crippen molar-refractivity contribution in [3.63, 3.8) is 0 Å². The van der Waals surface area contributed by atoms with Crippen molar-refractivity contribution in [3.8, 4) is 0 Å². The van der Waals surface area contributed by atoms with Crippen molar-refractivity contribution in [2.24, 2.45) is 10.9 Å². The number of nitrogens with one attached hydrogen (secondary N) is 1. The predicted octanol–water partition coefficient (Wildman–Crippen LogP) is 1.94. The largest absolute Gasteiger partial charge is 0.409 e. The first kappa shape index (κ1) is 15.1. The fraction of sp³-hybridized carbons (Fsp3) is 0.571. The van der Waals surface area contributed by atoms with Gasteiger partial charge in [-0.3, -0.25) is 4.98 Å². The molecule has 0 spiro atoms. The molecule has 2 rings (SSSR count). The second-order valence-corrected chi connectivity index (χ2v) is 6.27. The molecule has 1 saturated carbocycles. The van der Waals surface area contributed by atoms with Crippen molar-refractivity contribution in [1.82, 2.24) is 10.3 Å². The van der Waals surface area contributed by atoms with Gasteiger partial charge >= 0.3 is 0 Å². The first-order valence-corrected chi connectivity index (χ1v) is 8.20. The Morgan fingerprint density at radius 3 is 3.20 bits per heavy atom. The van der Waals surface area contributed by atoms with Crippen molar-refractivity contribution in [2.45, 2.75) is 43.5 Å². The van der Waals surface area contributed by atoms with Crippen LogP contribution in [0.4, 0.5) is 0 Å². The smallest absolute Gasteiger partial charge is 0.188 e. The minimum absolute atomic E-state index is 0.0481. The number of nitrogens with zero attached hydrogens (tertiary/aromatic N) is 2. The monoisotopic (exact) mass is 294 g/mol. The van der Waals surface area contributed by atoms with E-state index in [-0.39, 0.29) is 5.84 Å². The summed E-state index contributed by atoms with van der Waals surface area (Å²) in [7, 11) is 0. The van der Waals surface area contributed by atoms with Gasteiger partial charge in [0, 0.05) is 24.0 Å². The lowest BCUT2D eigenvalue weighted by atomic mass is 9.95. The summed E-state index contributed by atoms with van der Waals surface area (Å²) >= 11 is 1.97. The van der Waals surface area contributed by atoms with Gasteiger partial charge in [-0.1, -0.05) is 11.6 Å². The van der Waals surface area contributed by atoms with E-state index in [4.69, 9.17) is 10.9 Å². The molecule has 4 N–H and O–H groups in total. The topological polar surface area (TPSA) is 83.5 Å². The summed E-state index contributed by atoms with van der Waals surface area (Å²) in [6, 6.07) is 4.40. The number of hydrogen-bond donors (Lipinski definition) is 3. The molecular weight excluding hydrogens is 272 g/mol. The summed E-state index contributed by atoms with van der Waals surface area (Å²) in [4.78, 5) is 4.08. The number of pyridine rings is 1. The molecular formula is C14H22N4OS. The molecule has 5 nitrogen and oxygen atoms in total. The predicted molar refractivity (Wildman–Crippen MR) is 83.1 cm³/mol. The van der Waals surface area contributed by atoms with Crippen molar-refractivity contribution in [3.05, 3.63) is 29.6 Å². The van der Waals surface area contributed by atoms with Crippen LogP contribution in [0.5, 0.6) is 0 Å². The third-order valence-electron chi connectivity index (χ3n) is 3.75. The molecule has 110 valence electrons. The van der Waals surface area contributed by atoms with E-state index in [1.807, 2.05) is 23.9 Å². The van der Waals surface area contributed by atoms with Crippen molar-refractivity contribution in [1.29, 1.82) is 0 Å². The molecule has 20 heavy (non-hydrogen) atoms. The molecule has 0 radical (unpaired) electrons. The van der Waals surface area contributed by atoms with Crippen LogP contribution >= 0.6 is 11.8 Å². The highest BCUT2D eigenvalue weighted by molar-refractivity contribution is 7.99. The lowest BCUT2D eigenvalue weighted by Crippen LogP contribution is -2.34. The average molecular weight is 294 g/mol. The van der Waals surface area contributed by atoms with Gasteiger partial charge in [-0.15, -0.1) is 0 Å². The van der Waals surface area contributed by atoms with Crippen molar-refractivity contribution >= 4 is 17.6 Å². The van der Waals surface area contributed by atoms with E-state index in [1.165, 1.54) is 25.7 Å². The molecule has 0 aromatic carbocycles. The van der Waals surface area contributed by atoms with Crippen LogP contribution in [0, 0.1) is 0 Å². The summed E-state index contributed by atoms with van der Waals surface area (Å²) in [6.45, 7) is 0.792. The number of thioether (sulfide) groups is 1. The molecule has 1 aromatic rings. The summed E-state index contributed by atoms with van der Waals surface area (Å²) in [5, 5.41) is 16.0. The van der Waals surface area contributed by atoms with E-state index in [1.54, 1.807) is 6.20 Å². The number of amidine groups is 1. The maximum Gasteiger partial charge on any atom is 0.188 e. The molecule has 1 aromatic heterocycles. The molecule has 6 heteroatoms. The molecule has 0 saturated heterocycles. The summed E-state index contributed by atoms with van der Waals surface area (Å²) in [5.74, 6) is 0.0481. The van der Waals surface area contributed by atoms with Crippen LogP contribution in [0.25, 0.3) is 0 Å². The van der Waals surface area contributed by atoms with Gasteiger partial charge in [0.15, 0.2) is 5.84 Å². The number of nitrogens with two attached hydrogens (primary N) is 1. The first-order valence-electron chi connectivity index (χ1n) is 6.92. The van der Waals surface area contributed by atoms with E-state index >= 15 is 0 Å². The van der Waals surface area contributed by atoms with E-state index < -0.39 is 0 Å². The van der Waals surface area contributed by atoms with Gasteiger partial charge in [0.1, 0.15) is 5.69 Å². The van der Waals surface area contributed by atoms with Gasteiger partial charge in [0.25, 0.3) is 0 Å². The van der Waals surface area contributed by atoms with Gasteiger partial charge in [-0.05, 0) is 43.2 Å². The molecule has 1 fully saturated rings. The van der Waals surface area contributed by atoms with Crippen LogP contribution in [0.2, 0.25) is 0 Å². The van der Waals surface area contributed by atoms with Crippen LogP contribution in [-0.4, -0.2) is 33.6 Å². The molecule has 2 atom stereocenters. The zero-order valence-corrected chi connectivity index (χ0v) is 12.6. The Hall–Kier alpha value is -1.27. The van der Waals surface area contributed by atoms with E-state index in [0.29, 0.717) is 11.7 Å². The lowest BCUT2D eigenvalue weighted by molar-refractivity contribution is 0.318. The maximum atomic E-state index is 8.67. The normalized spacial score (nSPS) is 23.8. The highest BCUT2D eigenvalue weighted by Crippen LogP contribution is 2.27. The number of rotatable bonds is 5. The Morgan fingerprint density at radius 1 is 1.60 bits per heavy atom. The molecule has 0 bridgehead atoms. The Labute approximate surface area is 124 Å². The molecule has 1 aliphatic carbocycles. The van der Waals surface area contributed by atoms with E-state index in [9.17, 15) is 0 Å². The SMILES string of the molecule is CSC1CCCC(NCc2ccnc(/C(N)=N/O)c2)C1. The molecule has 2 unspecified atom stereocenters. The number of hydrogen-bond acceptors (Lipinski definition) is 5. The minimum Gasteiger partial charge on any atom is -0.409 e. The van der Waals surface area contributed by atoms with Crippen molar-refractivity contribution < 1.29 is 5.21 Å². The van der Waals surface area contributed by atoms with E-state index in [0.717, 1.165) is 17.4 Å². The second-order valence-electron chi connectivity index (χ2n) is 5.14. The number of oxime groups is 1. The Bertz CT molecular complexity index is 466.